The van der Waals surface area contributed by atoms with Crippen molar-refractivity contribution in [1.82, 2.24) is 4.90 Å². The molecule has 1 aliphatic rings. The number of benzene rings is 2. The van der Waals surface area contributed by atoms with Crippen molar-refractivity contribution in [2.24, 2.45) is 4.99 Å². The van der Waals surface area contributed by atoms with E-state index in [9.17, 15) is 4.39 Å². The Morgan fingerprint density at radius 3 is 2.48 bits per heavy atom. The first-order valence-corrected chi connectivity index (χ1v) is 10.1. The van der Waals surface area contributed by atoms with Crippen molar-refractivity contribution in [1.29, 1.82) is 0 Å². The molecule has 0 N–H and O–H groups in total. The van der Waals surface area contributed by atoms with Crippen LogP contribution in [-0.4, -0.2) is 40.7 Å². The fraction of sp³-hybridized carbons (Fsp3) is 0.280. The molecule has 0 saturated carbocycles. The zero-order valence-corrected chi connectivity index (χ0v) is 17.3. The van der Waals surface area contributed by atoms with Gasteiger partial charge in [0.05, 0.1) is 13.1 Å². The predicted octanol–water partition coefficient (Wildman–Crippen LogP) is 5.54. The summed E-state index contributed by atoms with van der Waals surface area (Å²) in [5, 5.41) is 0. The summed E-state index contributed by atoms with van der Waals surface area (Å²) in [6.45, 7) is 11.2. The molecule has 0 unspecified atom stereocenters. The second-order valence-corrected chi connectivity index (χ2v) is 7.30. The van der Waals surface area contributed by atoms with Gasteiger partial charge in [0.15, 0.2) is 5.82 Å². The SMILES string of the molecule is C=CC(=Nc1ccccc1F)[N+](C)=C(C=C)[C@@H]1CCCN1[C@H](C)c1ccccc1. The van der Waals surface area contributed by atoms with Crippen molar-refractivity contribution in [2.45, 2.75) is 31.8 Å². The van der Waals surface area contributed by atoms with Crippen molar-refractivity contribution >= 4 is 17.2 Å². The quantitative estimate of drug-likeness (QED) is 0.360. The molecule has 1 aliphatic heterocycles. The van der Waals surface area contributed by atoms with E-state index in [-0.39, 0.29) is 11.9 Å². The molecule has 1 saturated heterocycles. The van der Waals surface area contributed by atoms with Crippen LogP contribution in [0.25, 0.3) is 0 Å². The lowest BCUT2D eigenvalue weighted by molar-refractivity contribution is -0.371. The lowest BCUT2D eigenvalue weighted by Gasteiger charge is -2.31. The third-order valence-electron chi connectivity index (χ3n) is 5.63. The molecule has 1 fully saturated rings. The summed E-state index contributed by atoms with van der Waals surface area (Å²) in [7, 11) is 1.95. The van der Waals surface area contributed by atoms with E-state index in [1.807, 2.05) is 23.8 Å². The first-order chi connectivity index (χ1) is 14.1. The van der Waals surface area contributed by atoms with Gasteiger partial charge < -0.3 is 0 Å². The molecular formula is C25H29FN3+. The molecule has 0 amide bonds. The van der Waals surface area contributed by atoms with Crippen LogP contribution in [0.15, 0.2) is 84.9 Å². The van der Waals surface area contributed by atoms with Gasteiger partial charge in [0, 0.05) is 12.1 Å². The minimum absolute atomic E-state index is 0.221. The second kappa shape index (κ2) is 9.57. The minimum atomic E-state index is -0.347. The Hall–Kier alpha value is -2.85. The maximum atomic E-state index is 14.1. The van der Waals surface area contributed by atoms with Crippen LogP contribution in [0.4, 0.5) is 10.1 Å². The second-order valence-electron chi connectivity index (χ2n) is 7.30. The number of nitrogens with zero attached hydrogens (tertiary/aromatic N) is 3. The normalized spacial score (nSPS) is 19.6. The van der Waals surface area contributed by atoms with E-state index < -0.39 is 0 Å². The molecule has 2 atom stereocenters. The third kappa shape index (κ3) is 4.60. The Morgan fingerprint density at radius 1 is 1.14 bits per heavy atom. The molecular weight excluding hydrogens is 361 g/mol. The molecule has 0 bridgehead atoms. The van der Waals surface area contributed by atoms with Crippen molar-refractivity contribution < 1.29 is 8.97 Å². The molecule has 2 aromatic rings. The molecule has 0 aliphatic carbocycles. The van der Waals surface area contributed by atoms with Gasteiger partial charge in [-0.15, -0.1) is 0 Å². The Morgan fingerprint density at radius 2 is 1.83 bits per heavy atom. The van der Waals surface area contributed by atoms with Crippen LogP contribution in [0.1, 0.15) is 31.4 Å². The molecule has 3 rings (SSSR count). The number of rotatable bonds is 6. The van der Waals surface area contributed by atoms with E-state index >= 15 is 0 Å². The van der Waals surface area contributed by atoms with Crippen LogP contribution in [-0.2, 0) is 0 Å². The van der Waals surface area contributed by atoms with Crippen molar-refractivity contribution in [3.8, 4) is 0 Å². The standard InChI is InChI=1S/C25H29FN3/c1-5-23(28(4)25(6-2)27-22-16-11-10-15-21(22)26)24-17-12-18-29(24)19(3)20-13-8-7-9-14-20/h5-11,13-16,19,24H,1-2,12,17-18H2,3-4H3/q+1/t19-,24+/m1/s1. The van der Waals surface area contributed by atoms with Crippen LogP contribution in [0.5, 0.6) is 0 Å². The average molecular weight is 391 g/mol. The largest absolute Gasteiger partial charge is 0.323 e. The number of amidine groups is 1. The van der Waals surface area contributed by atoms with E-state index in [1.54, 1.807) is 24.3 Å². The zero-order valence-electron chi connectivity index (χ0n) is 17.3. The number of hydrogen-bond donors (Lipinski definition) is 0. The van der Waals surface area contributed by atoms with E-state index in [2.05, 4.69) is 54.2 Å². The number of likely N-dealkylation sites (tertiary alicyclic amines) is 1. The van der Waals surface area contributed by atoms with Crippen LogP contribution >= 0.6 is 0 Å². The van der Waals surface area contributed by atoms with E-state index in [0.29, 0.717) is 17.6 Å². The van der Waals surface area contributed by atoms with Crippen LogP contribution in [0.3, 0.4) is 0 Å². The number of hydrogen-bond acceptors (Lipinski definition) is 2. The smallest absolute Gasteiger partial charge is 0.286 e. The van der Waals surface area contributed by atoms with Gasteiger partial charge in [-0.3, -0.25) is 4.90 Å². The predicted molar refractivity (Wildman–Crippen MR) is 120 cm³/mol. The summed E-state index contributed by atoms with van der Waals surface area (Å²) in [4.78, 5) is 7.01. The fourth-order valence-electron chi connectivity index (χ4n) is 4.05. The molecule has 150 valence electrons. The summed E-state index contributed by atoms with van der Waals surface area (Å²) < 4.78 is 16.1. The molecule has 3 nitrogen and oxygen atoms in total. The minimum Gasteiger partial charge on any atom is -0.286 e. The van der Waals surface area contributed by atoms with Crippen molar-refractivity contribution in [3.63, 3.8) is 0 Å². The van der Waals surface area contributed by atoms with Crippen LogP contribution < -0.4 is 0 Å². The first kappa shape index (κ1) is 20.9. The van der Waals surface area contributed by atoms with Gasteiger partial charge in [0.2, 0.25) is 5.69 Å². The summed E-state index contributed by atoms with van der Waals surface area (Å²) in [6.07, 6.45) is 5.73. The highest BCUT2D eigenvalue weighted by molar-refractivity contribution is 6.01. The number of halogens is 1. The van der Waals surface area contributed by atoms with Gasteiger partial charge in [0.1, 0.15) is 5.71 Å². The molecule has 2 aromatic carbocycles. The van der Waals surface area contributed by atoms with Gasteiger partial charge in [-0.05, 0) is 55.1 Å². The molecule has 4 heteroatoms. The Kier molecular flexibility index (Phi) is 6.89. The average Bonchev–Trinajstić information content (AvgIpc) is 3.23. The maximum absolute atomic E-state index is 14.1. The van der Waals surface area contributed by atoms with E-state index in [1.165, 1.54) is 11.6 Å². The van der Waals surface area contributed by atoms with Gasteiger partial charge in [-0.1, -0.05) is 55.6 Å². The van der Waals surface area contributed by atoms with Gasteiger partial charge in [-0.25, -0.2) is 8.97 Å². The van der Waals surface area contributed by atoms with Crippen molar-refractivity contribution in [3.05, 3.63) is 91.3 Å². The summed E-state index contributed by atoms with van der Waals surface area (Å²) in [5.41, 5.74) is 2.66. The number of para-hydroxylation sites is 1. The number of aliphatic imine (C=N–C) groups is 1. The van der Waals surface area contributed by atoms with Crippen LogP contribution in [0, 0.1) is 5.82 Å². The highest BCUT2D eigenvalue weighted by Crippen LogP contribution is 2.30. The zero-order chi connectivity index (χ0) is 20.8. The van der Waals surface area contributed by atoms with Gasteiger partial charge in [0.25, 0.3) is 0 Å². The fourth-order valence-corrected chi connectivity index (χ4v) is 4.05. The third-order valence-corrected chi connectivity index (χ3v) is 5.63. The molecule has 0 radical (unpaired) electrons. The lowest BCUT2D eigenvalue weighted by atomic mass is 10.0. The van der Waals surface area contributed by atoms with E-state index in [0.717, 1.165) is 25.1 Å². The first-order valence-electron chi connectivity index (χ1n) is 10.1. The summed E-state index contributed by atoms with van der Waals surface area (Å²) in [6, 6.07) is 17.6. The Balaban J connectivity index is 1.97. The molecule has 0 aromatic heterocycles. The summed E-state index contributed by atoms with van der Waals surface area (Å²) in [5.74, 6) is 0.254. The molecule has 0 spiro atoms. The highest BCUT2D eigenvalue weighted by Gasteiger charge is 2.34. The molecule has 29 heavy (non-hydrogen) atoms. The molecule has 1 heterocycles. The number of likely N-dealkylation sites (N-methyl/N-ethyl adjacent to an activating group) is 1. The monoisotopic (exact) mass is 390 g/mol. The topological polar surface area (TPSA) is 18.6 Å². The summed E-state index contributed by atoms with van der Waals surface area (Å²) >= 11 is 0. The van der Waals surface area contributed by atoms with E-state index in [4.69, 9.17) is 0 Å². The van der Waals surface area contributed by atoms with Crippen molar-refractivity contribution in [2.75, 3.05) is 13.6 Å². The van der Waals surface area contributed by atoms with Crippen LogP contribution in [0.2, 0.25) is 0 Å². The Labute approximate surface area is 173 Å². The highest BCUT2D eigenvalue weighted by atomic mass is 19.1. The van der Waals surface area contributed by atoms with Gasteiger partial charge >= 0.3 is 5.84 Å². The maximum Gasteiger partial charge on any atom is 0.323 e. The Bertz CT molecular complexity index is 930. The van der Waals surface area contributed by atoms with Gasteiger partial charge in [-0.2, -0.15) is 0 Å². The lowest BCUT2D eigenvalue weighted by Crippen LogP contribution is -2.41.